The minimum Gasteiger partial charge on any atom is -0.507 e. The number of phenols is 1. The first kappa shape index (κ1) is 24.2. The number of phenolic OH excluding ortho intramolecular Hbond substituents is 1. The minimum atomic E-state index is -1.52. The van der Waals surface area contributed by atoms with Crippen molar-refractivity contribution in [2.24, 2.45) is 5.92 Å². The number of aromatic hydroxyl groups is 1. The van der Waals surface area contributed by atoms with E-state index in [1.165, 1.54) is 33.1 Å². The second-order valence-corrected chi connectivity index (χ2v) is 9.58. The summed E-state index contributed by atoms with van der Waals surface area (Å²) in [6, 6.07) is 4.44. The Morgan fingerprint density at radius 1 is 1.29 bits per heavy atom. The van der Waals surface area contributed by atoms with Crippen molar-refractivity contribution in [2.75, 3.05) is 13.7 Å². The van der Waals surface area contributed by atoms with Gasteiger partial charge in [0.15, 0.2) is 0 Å². The lowest BCUT2D eigenvalue weighted by Gasteiger charge is -2.32. The van der Waals surface area contributed by atoms with E-state index >= 15 is 0 Å². The summed E-state index contributed by atoms with van der Waals surface area (Å²) in [5.41, 5.74) is 0.122. The van der Waals surface area contributed by atoms with Gasteiger partial charge in [-0.3, -0.25) is 4.79 Å². The van der Waals surface area contributed by atoms with Gasteiger partial charge >= 0.3 is 0 Å². The van der Waals surface area contributed by atoms with Crippen LogP contribution in [0.1, 0.15) is 49.7 Å². The largest absolute Gasteiger partial charge is 0.507 e. The van der Waals surface area contributed by atoms with Gasteiger partial charge in [0.2, 0.25) is 5.43 Å². The van der Waals surface area contributed by atoms with Crippen molar-refractivity contribution < 1.29 is 34.3 Å². The molecular formula is C26H30O8. The molecule has 8 nitrogen and oxygen atoms in total. The molecule has 4 rings (SSSR count). The summed E-state index contributed by atoms with van der Waals surface area (Å²) >= 11 is 0. The third kappa shape index (κ3) is 3.67. The summed E-state index contributed by atoms with van der Waals surface area (Å²) < 4.78 is 17.5. The molecule has 8 heteroatoms. The molecule has 0 aliphatic carbocycles. The van der Waals surface area contributed by atoms with Crippen molar-refractivity contribution in [2.45, 2.75) is 51.6 Å². The number of ether oxygens (including phenoxy) is 2. The van der Waals surface area contributed by atoms with Crippen molar-refractivity contribution in [1.82, 2.24) is 0 Å². The highest BCUT2D eigenvalue weighted by atomic mass is 16.5. The molecule has 1 aliphatic heterocycles. The molecule has 0 radical (unpaired) electrons. The summed E-state index contributed by atoms with van der Waals surface area (Å²) in [6.45, 7) is 10.6. The van der Waals surface area contributed by atoms with Gasteiger partial charge in [0.25, 0.3) is 0 Å². The first-order valence-corrected chi connectivity index (χ1v) is 11.0. The predicted octanol–water partition coefficient (Wildman–Crippen LogP) is 3.40. The monoisotopic (exact) mass is 470 g/mol. The minimum absolute atomic E-state index is 0.0228. The van der Waals surface area contributed by atoms with Crippen molar-refractivity contribution in [3.05, 3.63) is 57.3 Å². The average Bonchev–Trinajstić information content (AvgIpc) is 2.75. The normalized spacial score (nSPS) is 20.1. The molecule has 0 bridgehead atoms. The molecular weight excluding hydrogens is 440 g/mol. The second kappa shape index (κ2) is 8.39. The lowest BCUT2D eigenvalue weighted by Crippen LogP contribution is -2.41. The van der Waals surface area contributed by atoms with Crippen LogP contribution in [-0.2, 0) is 4.74 Å². The van der Waals surface area contributed by atoms with E-state index in [1.54, 1.807) is 19.9 Å². The van der Waals surface area contributed by atoms with Gasteiger partial charge < -0.3 is 34.3 Å². The van der Waals surface area contributed by atoms with Crippen molar-refractivity contribution in [3.63, 3.8) is 0 Å². The van der Waals surface area contributed by atoms with Crippen molar-refractivity contribution in [3.8, 4) is 11.5 Å². The Bertz CT molecular complexity index is 1350. The van der Waals surface area contributed by atoms with Crippen molar-refractivity contribution in [1.29, 1.82) is 0 Å². The second-order valence-electron chi connectivity index (χ2n) is 9.58. The average molecular weight is 471 g/mol. The molecule has 0 saturated carbocycles. The maximum absolute atomic E-state index is 13.8. The fourth-order valence-corrected chi connectivity index (χ4v) is 4.63. The number of benzene rings is 2. The van der Waals surface area contributed by atoms with Gasteiger partial charge in [0.1, 0.15) is 40.3 Å². The Kier molecular flexibility index (Phi) is 5.98. The highest BCUT2D eigenvalue weighted by Crippen LogP contribution is 2.45. The molecule has 0 amide bonds. The summed E-state index contributed by atoms with van der Waals surface area (Å²) in [5.74, 6) is -0.321. The van der Waals surface area contributed by atoms with Crippen LogP contribution in [0.4, 0.5) is 0 Å². The SMILES string of the molecule is C=C(C)C1COc2c(C)cc3oc4c(C(OC)C(O)C(C)(C)O)ccc(O)c4c(=O)c3c2C1O. The van der Waals surface area contributed by atoms with E-state index in [9.17, 15) is 25.2 Å². The Labute approximate surface area is 196 Å². The molecule has 34 heavy (non-hydrogen) atoms. The number of fused-ring (bicyclic) bond motifs is 4. The number of hydrogen-bond acceptors (Lipinski definition) is 8. The van der Waals surface area contributed by atoms with E-state index in [2.05, 4.69) is 6.58 Å². The maximum Gasteiger partial charge on any atom is 0.204 e. The standard InChI is InChI=1S/C26H30O8/c1-11(2)14-10-33-22-12(3)9-16-18(19(22)20(14)28)21(29)17-15(27)8-7-13(23(17)34-16)24(32-6)25(30)26(4,5)31/h7-9,14,20,24-25,27-28,30-31H,1,10H2,2-6H3. The van der Waals surface area contributed by atoms with Crippen LogP contribution < -0.4 is 10.2 Å². The molecule has 3 aromatic rings. The highest BCUT2D eigenvalue weighted by molar-refractivity contribution is 5.97. The first-order valence-electron chi connectivity index (χ1n) is 11.0. The van der Waals surface area contributed by atoms with Gasteiger partial charge in [-0.05, 0) is 51.5 Å². The third-order valence-corrected chi connectivity index (χ3v) is 6.59. The van der Waals surface area contributed by atoms with E-state index in [0.29, 0.717) is 22.4 Å². The van der Waals surface area contributed by atoms with Crippen LogP contribution in [0.25, 0.3) is 21.9 Å². The smallest absolute Gasteiger partial charge is 0.204 e. The number of hydrogen-bond donors (Lipinski definition) is 4. The Hall–Kier alpha value is -2.91. The quantitative estimate of drug-likeness (QED) is 0.330. The molecule has 1 aromatic heterocycles. The molecule has 1 aliphatic rings. The molecule has 0 saturated heterocycles. The van der Waals surface area contributed by atoms with Gasteiger partial charge in [-0.1, -0.05) is 12.2 Å². The van der Waals surface area contributed by atoms with Crippen LogP contribution in [0.5, 0.6) is 11.5 Å². The summed E-state index contributed by atoms with van der Waals surface area (Å²) in [5, 5.41) is 42.8. The predicted molar refractivity (Wildman–Crippen MR) is 127 cm³/mol. The van der Waals surface area contributed by atoms with Crippen LogP contribution in [0, 0.1) is 12.8 Å². The van der Waals surface area contributed by atoms with E-state index < -0.39 is 35.3 Å². The molecule has 182 valence electrons. The Morgan fingerprint density at radius 2 is 1.97 bits per heavy atom. The van der Waals surface area contributed by atoms with Gasteiger partial charge in [-0.15, -0.1) is 0 Å². The fraction of sp³-hybridized carbons (Fsp3) is 0.423. The molecule has 0 spiro atoms. The Balaban J connectivity index is 2.09. The van der Waals surface area contributed by atoms with Crippen LogP contribution in [0.3, 0.4) is 0 Å². The number of methoxy groups -OCH3 is 1. The van der Waals surface area contributed by atoms with Crippen molar-refractivity contribution >= 4 is 21.9 Å². The number of rotatable bonds is 5. The maximum atomic E-state index is 13.8. The first-order chi connectivity index (χ1) is 15.9. The summed E-state index contributed by atoms with van der Waals surface area (Å²) in [6.07, 6.45) is -3.45. The topological polar surface area (TPSA) is 130 Å². The molecule has 4 atom stereocenters. The number of aliphatic hydroxyl groups excluding tert-OH is 2. The van der Waals surface area contributed by atoms with Crippen LogP contribution in [0.15, 0.2) is 39.6 Å². The van der Waals surface area contributed by atoms with Crippen LogP contribution >= 0.6 is 0 Å². The zero-order chi connectivity index (χ0) is 25.1. The summed E-state index contributed by atoms with van der Waals surface area (Å²) in [4.78, 5) is 13.8. The molecule has 2 aromatic carbocycles. The zero-order valence-electron chi connectivity index (χ0n) is 19.9. The number of aliphatic hydroxyl groups is 3. The zero-order valence-corrected chi connectivity index (χ0v) is 19.9. The number of aryl methyl sites for hydroxylation is 1. The molecule has 2 heterocycles. The lowest BCUT2D eigenvalue weighted by atomic mass is 9.85. The van der Waals surface area contributed by atoms with E-state index in [-0.39, 0.29) is 39.9 Å². The summed E-state index contributed by atoms with van der Waals surface area (Å²) in [7, 11) is 1.36. The molecule has 4 N–H and O–H groups in total. The fourth-order valence-electron chi connectivity index (χ4n) is 4.63. The van der Waals surface area contributed by atoms with Crippen LogP contribution in [-0.4, -0.2) is 45.8 Å². The third-order valence-electron chi connectivity index (χ3n) is 6.59. The highest BCUT2D eigenvalue weighted by Gasteiger charge is 2.37. The van der Waals surface area contributed by atoms with Gasteiger partial charge in [0, 0.05) is 24.2 Å². The van der Waals surface area contributed by atoms with Gasteiger partial charge in [-0.2, -0.15) is 0 Å². The van der Waals surface area contributed by atoms with E-state index in [1.807, 2.05) is 0 Å². The molecule has 0 fully saturated rings. The van der Waals surface area contributed by atoms with Crippen LogP contribution in [0.2, 0.25) is 0 Å². The van der Waals surface area contributed by atoms with E-state index in [4.69, 9.17) is 13.9 Å². The van der Waals surface area contributed by atoms with Gasteiger partial charge in [-0.25, -0.2) is 0 Å². The lowest BCUT2D eigenvalue weighted by molar-refractivity contribution is -0.118. The Morgan fingerprint density at radius 3 is 2.56 bits per heavy atom. The van der Waals surface area contributed by atoms with E-state index in [0.717, 1.165) is 0 Å². The van der Waals surface area contributed by atoms with Gasteiger partial charge in [0.05, 0.1) is 23.7 Å². The molecule has 4 unspecified atom stereocenters.